The second-order valence-corrected chi connectivity index (χ2v) is 7.10. The molecule has 27 heavy (non-hydrogen) atoms. The Morgan fingerprint density at radius 1 is 1.11 bits per heavy atom. The number of nitrogens with one attached hydrogen (secondary N) is 1. The zero-order valence-electron chi connectivity index (χ0n) is 15.3. The van der Waals surface area contributed by atoms with Gasteiger partial charge in [0.05, 0.1) is 7.11 Å². The highest BCUT2D eigenvalue weighted by Crippen LogP contribution is 2.19. The molecule has 0 spiro atoms. The van der Waals surface area contributed by atoms with Gasteiger partial charge in [0.2, 0.25) is 0 Å². The Morgan fingerprint density at radius 2 is 1.89 bits per heavy atom. The first kappa shape index (κ1) is 18.9. The average molecular weight is 383 g/mol. The summed E-state index contributed by atoms with van der Waals surface area (Å²) in [5, 5.41) is 0. The molecule has 0 aliphatic rings. The number of hydrogen-bond donors (Lipinski definition) is 1. The molecule has 0 atom stereocenters. The van der Waals surface area contributed by atoms with E-state index in [0.717, 1.165) is 22.6 Å². The van der Waals surface area contributed by atoms with Gasteiger partial charge in [0.1, 0.15) is 11.5 Å². The van der Waals surface area contributed by atoms with Crippen LogP contribution in [-0.4, -0.2) is 24.5 Å². The number of aromatic amines is 1. The molecule has 0 radical (unpaired) electrons. The van der Waals surface area contributed by atoms with Crippen LogP contribution in [0.15, 0.2) is 53.3 Å². The largest absolute Gasteiger partial charge is 0.497 e. The van der Waals surface area contributed by atoms with Gasteiger partial charge in [-0.05, 0) is 36.2 Å². The van der Waals surface area contributed by atoms with Crippen LogP contribution in [-0.2, 0) is 12.8 Å². The molecular weight excluding hydrogens is 362 g/mol. The minimum atomic E-state index is -0.109. The summed E-state index contributed by atoms with van der Waals surface area (Å²) in [5.41, 5.74) is 2.64. The van der Waals surface area contributed by atoms with Crippen LogP contribution in [0, 0.1) is 0 Å². The zero-order chi connectivity index (χ0) is 19.2. The fourth-order valence-corrected chi connectivity index (χ4v) is 3.69. The fraction of sp³-hybridized carbons (Fsp3) is 0.238. The van der Waals surface area contributed by atoms with Crippen molar-refractivity contribution in [2.24, 2.45) is 0 Å². The van der Waals surface area contributed by atoms with Crippen LogP contribution in [0.25, 0.3) is 0 Å². The minimum absolute atomic E-state index is 0.0159. The van der Waals surface area contributed by atoms with Gasteiger partial charge >= 0.3 is 4.87 Å². The summed E-state index contributed by atoms with van der Waals surface area (Å²) in [6, 6.07) is 14.6. The van der Waals surface area contributed by atoms with Gasteiger partial charge in [0.25, 0.3) is 0 Å². The van der Waals surface area contributed by atoms with Crippen molar-refractivity contribution in [1.82, 2.24) is 4.98 Å². The number of aromatic nitrogens is 1. The number of H-pyrrole nitrogens is 1. The fourth-order valence-electron chi connectivity index (χ4n) is 2.74. The van der Waals surface area contributed by atoms with Crippen LogP contribution in [0.4, 0.5) is 0 Å². The van der Waals surface area contributed by atoms with Crippen LogP contribution in [0.1, 0.15) is 33.4 Å². The predicted molar refractivity (Wildman–Crippen MR) is 106 cm³/mol. The highest BCUT2D eigenvalue weighted by molar-refractivity contribution is 7.09. The highest BCUT2D eigenvalue weighted by Gasteiger charge is 2.09. The second kappa shape index (κ2) is 8.68. The third-order valence-electron chi connectivity index (χ3n) is 4.21. The molecule has 1 N–H and O–H groups in total. The first-order chi connectivity index (χ1) is 13.1. The Balaban J connectivity index is 1.60. The van der Waals surface area contributed by atoms with Crippen LogP contribution in [0.5, 0.6) is 11.5 Å². The van der Waals surface area contributed by atoms with Crippen molar-refractivity contribution in [1.29, 1.82) is 0 Å². The molecule has 1 heterocycles. The number of carbonyl (C=O) groups excluding carboxylic acids is 1. The van der Waals surface area contributed by atoms with E-state index in [9.17, 15) is 9.59 Å². The number of hydrogen-bond acceptors (Lipinski definition) is 5. The molecule has 2 aromatic carbocycles. The number of benzene rings is 2. The molecule has 5 nitrogen and oxygen atoms in total. The van der Waals surface area contributed by atoms with Gasteiger partial charge in [-0.1, -0.05) is 42.5 Å². The summed E-state index contributed by atoms with van der Waals surface area (Å²) in [5.74, 6) is 1.17. The monoisotopic (exact) mass is 383 g/mol. The van der Waals surface area contributed by atoms with Gasteiger partial charge in [-0.3, -0.25) is 9.59 Å². The summed E-state index contributed by atoms with van der Waals surface area (Å²) in [4.78, 5) is 27.7. The molecule has 3 aromatic rings. The minimum Gasteiger partial charge on any atom is -0.497 e. The van der Waals surface area contributed by atoms with Crippen molar-refractivity contribution in [2.75, 3.05) is 13.7 Å². The molecule has 0 bridgehead atoms. The molecule has 0 aliphatic heterocycles. The van der Waals surface area contributed by atoms with Gasteiger partial charge in [0, 0.05) is 22.6 Å². The quantitative estimate of drug-likeness (QED) is 0.600. The molecule has 0 fully saturated rings. The van der Waals surface area contributed by atoms with Crippen LogP contribution in [0.3, 0.4) is 0 Å². The normalized spacial score (nSPS) is 10.6. The average Bonchev–Trinajstić information content (AvgIpc) is 3.06. The Morgan fingerprint density at radius 3 is 2.59 bits per heavy atom. The lowest BCUT2D eigenvalue weighted by Gasteiger charge is -2.08. The molecule has 0 saturated heterocycles. The Kier molecular flexibility index (Phi) is 6.08. The maximum absolute atomic E-state index is 12.3. The third kappa shape index (κ3) is 4.86. The summed E-state index contributed by atoms with van der Waals surface area (Å²) >= 11 is 1.26. The van der Waals surface area contributed by atoms with E-state index in [1.807, 2.05) is 31.2 Å². The Labute approximate surface area is 161 Å². The van der Waals surface area contributed by atoms with Gasteiger partial charge in [-0.2, -0.15) is 0 Å². The lowest BCUT2D eigenvalue weighted by molar-refractivity contribution is 0.0921. The number of Topliss-reactive ketones (excluding diaryl/α,β-unsaturated/α-hetero) is 1. The maximum atomic E-state index is 12.3. The van der Waals surface area contributed by atoms with Crippen molar-refractivity contribution in [3.63, 3.8) is 0 Å². The van der Waals surface area contributed by atoms with Gasteiger partial charge in [-0.25, -0.2) is 0 Å². The molecular formula is C21H21NO4S. The van der Waals surface area contributed by atoms with Crippen molar-refractivity contribution >= 4 is 17.1 Å². The van der Waals surface area contributed by atoms with Crippen molar-refractivity contribution < 1.29 is 14.3 Å². The van der Waals surface area contributed by atoms with Crippen molar-refractivity contribution in [2.45, 2.75) is 19.8 Å². The summed E-state index contributed by atoms with van der Waals surface area (Å²) in [7, 11) is 1.57. The number of methoxy groups -OCH3 is 1. The smallest absolute Gasteiger partial charge is 0.304 e. The number of aryl methyl sites for hydroxylation is 1. The maximum Gasteiger partial charge on any atom is 0.304 e. The standard InChI is InChI=1S/C21H21NO4S/c1-3-18-20(27-21(24)22-18)11-14-7-9-16(10-8-14)26-13-19(23)15-5-4-6-17(12-15)25-2/h4-10,12H,3,11,13H2,1-2H3,(H,22,24). The first-order valence-electron chi connectivity index (χ1n) is 8.69. The molecule has 1 aromatic heterocycles. The predicted octanol–water partition coefficient (Wildman–Crippen LogP) is 3.86. The molecule has 140 valence electrons. The van der Waals surface area contributed by atoms with Crippen LogP contribution in [0.2, 0.25) is 0 Å². The lowest BCUT2D eigenvalue weighted by Crippen LogP contribution is -2.11. The van der Waals surface area contributed by atoms with E-state index in [1.54, 1.807) is 31.4 Å². The number of thiazole rings is 1. The van der Waals surface area contributed by atoms with E-state index in [0.29, 0.717) is 23.5 Å². The van der Waals surface area contributed by atoms with E-state index in [4.69, 9.17) is 9.47 Å². The number of ketones is 1. The zero-order valence-corrected chi connectivity index (χ0v) is 16.1. The Bertz CT molecular complexity index is 972. The van der Waals surface area contributed by atoms with Crippen molar-refractivity contribution in [3.05, 3.63) is 79.9 Å². The van der Waals surface area contributed by atoms with E-state index < -0.39 is 0 Å². The van der Waals surface area contributed by atoms with Gasteiger partial charge < -0.3 is 14.5 Å². The highest BCUT2D eigenvalue weighted by atomic mass is 32.1. The van der Waals surface area contributed by atoms with Crippen molar-refractivity contribution in [3.8, 4) is 11.5 Å². The molecule has 0 amide bonds. The van der Waals surface area contributed by atoms with Gasteiger partial charge in [0.15, 0.2) is 12.4 Å². The number of ether oxygens (including phenoxy) is 2. The molecule has 0 unspecified atom stereocenters. The summed E-state index contributed by atoms with van der Waals surface area (Å²) in [6.07, 6.45) is 1.51. The Hall–Kier alpha value is -2.86. The van der Waals surface area contributed by atoms with E-state index in [-0.39, 0.29) is 17.3 Å². The van der Waals surface area contributed by atoms with E-state index >= 15 is 0 Å². The molecule has 0 aliphatic carbocycles. The summed E-state index contributed by atoms with van der Waals surface area (Å²) < 4.78 is 10.7. The SMILES string of the molecule is CCc1[nH]c(=O)sc1Cc1ccc(OCC(=O)c2cccc(OC)c2)cc1. The lowest BCUT2D eigenvalue weighted by atomic mass is 10.1. The topological polar surface area (TPSA) is 68.4 Å². The molecule has 0 saturated carbocycles. The molecule has 6 heteroatoms. The van der Waals surface area contributed by atoms with Crippen LogP contribution >= 0.6 is 11.3 Å². The first-order valence-corrected chi connectivity index (χ1v) is 9.50. The van der Waals surface area contributed by atoms with E-state index in [2.05, 4.69) is 4.98 Å². The number of carbonyl (C=O) groups is 1. The van der Waals surface area contributed by atoms with E-state index in [1.165, 1.54) is 11.3 Å². The van der Waals surface area contributed by atoms with Gasteiger partial charge in [-0.15, -0.1) is 0 Å². The van der Waals surface area contributed by atoms with Crippen LogP contribution < -0.4 is 14.3 Å². The summed E-state index contributed by atoms with van der Waals surface area (Å²) in [6.45, 7) is 1.99. The second-order valence-electron chi connectivity index (χ2n) is 6.03. The third-order valence-corrected chi connectivity index (χ3v) is 5.13. The molecule has 3 rings (SSSR count). The number of rotatable bonds is 8.